The molecule has 1 aromatic carbocycles. The zero-order valence-corrected chi connectivity index (χ0v) is 10.5. The van der Waals surface area contributed by atoms with Gasteiger partial charge in [-0.3, -0.25) is 0 Å². The molecule has 1 aliphatic rings. The maximum Gasteiger partial charge on any atom is 0.128 e. The molecule has 18 heavy (non-hydrogen) atoms. The van der Waals surface area contributed by atoms with Crippen LogP contribution in [0.3, 0.4) is 0 Å². The van der Waals surface area contributed by atoms with Gasteiger partial charge in [0.2, 0.25) is 0 Å². The van der Waals surface area contributed by atoms with E-state index in [0.29, 0.717) is 0 Å². The van der Waals surface area contributed by atoms with Crippen LogP contribution in [0, 0.1) is 0 Å². The van der Waals surface area contributed by atoms with Crippen LogP contribution >= 0.6 is 0 Å². The highest BCUT2D eigenvalue weighted by Gasteiger charge is 2.13. The van der Waals surface area contributed by atoms with Crippen LogP contribution in [0.2, 0.25) is 0 Å². The molecule has 2 heterocycles. The average Bonchev–Trinajstić information content (AvgIpc) is 2.94. The Morgan fingerprint density at radius 1 is 0.889 bits per heavy atom. The molecule has 1 saturated heterocycles. The van der Waals surface area contributed by atoms with Crippen LogP contribution < -0.4 is 4.90 Å². The first-order chi connectivity index (χ1) is 8.92. The Balaban J connectivity index is 1.78. The third kappa shape index (κ3) is 2.53. The number of nitrogens with zero attached hydrogens (tertiary/aromatic N) is 2. The molecule has 0 N–H and O–H groups in total. The fourth-order valence-electron chi connectivity index (χ4n) is 2.49. The lowest BCUT2D eigenvalue weighted by molar-refractivity contribution is 0.920. The smallest absolute Gasteiger partial charge is 0.128 e. The van der Waals surface area contributed by atoms with Crippen LogP contribution in [-0.4, -0.2) is 18.1 Å². The highest BCUT2D eigenvalue weighted by Crippen LogP contribution is 2.18. The van der Waals surface area contributed by atoms with Crippen LogP contribution in [0.4, 0.5) is 5.82 Å². The van der Waals surface area contributed by atoms with Gasteiger partial charge in [-0.15, -0.1) is 0 Å². The summed E-state index contributed by atoms with van der Waals surface area (Å²) < 4.78 is 0. The number of rotatable bonds is 3. The highest BCUT2D eigenvalue weighted by molar-refractivity contribution is 5.40. The first kappa shape index (κ1) is 11.3. The monoisotopic (exact) mass is 238 g/mol. The molecule has 1 aromatic heterocycles. The molecular formula is C16H18N2. The number of pyridine rings is 1. The van der Waals surface area contributed by atoms with Gasteiger partial charge in [0.25, 0.3) is 0 Å². The Bertz CT molecular complexity index is 502. The van der Waals surface area contributed by atoms with Gasteiger partial charge >= 0.3 is 0 Å². The zero-order valence-electron chi connectivity index (χ0n) is 10.5. The second kappa shape index (κ2) is 5.21. The number of aromatic nitrogens is 1. The topological polar surface area (TPSA) is 16.1 Å². The molecule has 2 aromatic rings. The summed E-state index contributed by atoms with van der Waals surface area (Å²) in [7, 11) is 0. The first-order valence-corrected chi connectivity index (χ1v) is 6.67. The van der Waals surface area contributed by atoms with Gasteiger partial charge in [0, 0.05) is 25.2 Å². The van der Waals surface area contributed by atoms with Crippen molar-refractivity contribution >= 4 is 5.82 Å². The zero-order chi connectivity index (χ0) is 12.2. The van der Waals surface area contributed by atoms with E-state index in [0.717, 1.165) is 31.0 Å². The lowest BCUT2D eigenvalue weighted by Gasteiger charge is -2.16. The second-order valence-corrected chi connectivity index (χ2v) is 4.84. The van der Waals surface area contributed by atoms with Gasteiger partial charge in [0.1, 0.15) is 5.82 Å². The molecule has 0 saturated carbocycles. The fourth-order valence-corrected chi connectivity index (χ4v) is 2.49. The van der Waals surface area contributed by atoms with Crippen molar-refractivity contribution in [2.75, 3.05) is 18.0 Å². The van der Waals surface area contributed by atoms with Gasteiger partial charge in [0.15, 0.2) is 0 Å². The predicted octanol–water partition coefficient (Wildman–Crippen LogP) is 3.27. The van der Waals surface area contributed by atoms with Crippen LogP contribution in [0.5, 0.6) is 0 Å². The van der Waals surface area contributed by atoms with E-state index in [9.17, 15) is 0 Å². The molecule has 0 aliphatic carbocycles. The summed E-state index contributed by atoms with van der Waals surface area (Å²) >= 11 is 0. The van der Waals surface area contributed by atoms with Crippen molar-refractivity contribution in [1.82, 2.24) is 4.98 Å². The van der Waals surface area contributed by atoms with Crippen LogP contribution in [-0.2, 0) is 6.42 Å². The largest absolute Gasteiger partial charge is 0.357 e. The molecule has 0 unspecified atom stereocenters. The Labute approximate surface area is 108 Å². The second-order valence-electron chi connectivity index (χ2n) is 4.84. The Morgan fingerprint density at radius 3 is 2.44 bits per heavy atom. The minimum absolute atomic E-state index is 0.919. The lowest BCUT2D eigenvalue weighted by atomic mass is 10.1. The van der Waals surface area contributed by atoms with Gasteiger partial charge in [0.05, 0.1) is 0 Å². The van der Waals surface area contributed by atoms with Crippen LogP contribution in [0.25, 0.3) is 0 Å². The molecule has 92 valence electrons. The molecule has 0 atom stereocenters. The number of hydrogen-bond acceptors (Lipinski definition) is 2. The van der Waals surface area contributed by atoms with Crippen molar-refractivity contribution in [1.29, 1.82) is 0 Å². The van der Waals surface area contributed by atoms with E-state index < -0.39 is 0 Å². The Hall–Kier alpha value is -1.83. The van der Waals surface area contributed by atoms with Crippen LogP contribution in [0.15, 0.2) is 48.5 Å². The lowest BCUT2D eigenvalue weighted by Crippen LogP contribution is -2.19. The van der Waals surface area contributed by atoms with Gasteiger partial charge < -0.3 is 4.90 Å². The molecule has 1 fully saturated rings. The molecule has 0 amide bonds. The van der Waals surface area contributed by atoms with E-state index in [1.165, 1.54) is 18.4 Å². The molecule has 0 spiro atoms. The molecule has 0 bridgehead atoms. The SMILES string of the molecule is c1ccc(Cc2cccc(N3CCCC3)n2)cc1. The summed E-state index contributed by atoms with van der Waals surface area (Å²) in [6, 6.07) is 16.9. The van der Waals surface area contributed by atoms with Gasteiger partial charge in [-0.2, -0.15) is 0 Å². The van der Waals surface area contributed by atoms with Gasteiger partial charge in [-0.1, -0.05) is 36.4 Å². The summed E-state index contributed by atoms with van der Waals surface area (Å²) in [6.07, 6.45) is 3.51. The predicted molar refractivity (Wildman–Crippen MR) is 74.9 cm³/mol. The third-order valence-corrected chi connectivity index (χ3v) is 3.45. The van der Waals surface area contributed by atoms with Crippen LogP contribution in [0.1, 0.15) is 24.1 Å². The number of benzene rings is 1. The van der Waals surface area contributed by atoms with E-state index in [4.69, 9.17) is 4.98 Å². The third-order valence-electron chi connectivity index (χ3n) is 3.45. The summed E-state index contributed by atoms with van der Waals surface area (Å²) in [4.78, 5) is 7.16. The number of hydrogen-bond donors (Lipinski definition) is 0. The van der Waals surface area contributed by atoms with E-state index >= 15 is 0 Å². The van der Waals surface area contributed by atoms with E-state index in [2.05, 4.69) is 53.4 Å². The Morgan fingerprint density at radius 2 is 1.67 bits per heavy atom. The van der Waals surface area contributed by atoms with E-state index in [-0.39, 0.29) is 0 Å². The van der Waals surface area contributed by atoms with Gasteiger partial charge in [-0.05, 0) is 30.5 Å². The summed E-state index contributed by atoms with van der Waals surface area (Å²) in [5, 5.41) is 0. The standard InChI is InChI=1S/C16H18N2/c1-2-7-14(8-3-1)13-15-9-6-10-16(17-15)18-11-4-5-12-18/h1-3,6-10H,4-5,11-13H2. The average molecular weight is 238 g/mol. The summed E-state index contributed by atoms with van der Waals surface area (Å²) in [5.74, 6) is 1.14. The maximum absolute atomic E-state index is 4.78. The van der Waals surface area contributed by atoms with E-state index in [1.807, 2.05) is 0 Å². The van der Waals surface area contributed by atoms with E-state index in [1.54, 1.807) is 0 Å². The Kier molecular flexibility index (Phi) is 3.26. The van der Waals surface area contributed by atoms with Crippen molar-refractivity contribution < 1.29 is 0 Å². The minimum atomic E-state index is 0.919. The molecular weight excluding hydrogens is 220 g/mol. The van der Waals surface area contributed by atoms with Crippen molar-refractivity contribution in [3.8, 4) is 0 Å². The molecule has 0 radical (unpaired) electrons. The minimum Gasteiger partial charge on any atom is -0.357 e. The van der Waals surface area contributed by atoms with Crippen molar-refractivity contribution in [2.24, 2.45) is 0 Å². The molecule has 2 heteroatoms. The van der Waals surface area contributed by atoms with Crippen molar-refractivity contribution in [3.05, 3.63) is 59.8 Å². The normalized spacial score (nSPS) is 15.0. The maximum atomic E-state index is 4.78. The number of anilines is 1. The van der Waals surface area contributed by atoms with Crippen molar-refractivity contribution in [3.63, 3.8) is 0 Å². The molecule has 1 aliphatic heterocycles. The first-order valence-electron chi connectivity index (χ1n) is 6.67. The molecule has 3 rings (SSSR count). The quantitative estimate of drug-likeness (QED) is 0.816. The van der Waals surface area contributed by atoms with Gasteiger partial charge in [-0.25, -0.2) is 4.98 Å². The summed E-state index contributed by atoms with van der Waals surface area (Å²) in [6.45, 7) is 2.31. The fraction of sp³-hybridized carbons (Fsp3) is 0.312. The highest BCUT2D eigenvalue weighted by atomic mass is 15.2. The van der Waals surface area contributed by atoms with Crippen molar-refractivity contribution in [2.45, 2.75) is 19.3 Å². The summed E-state index contributed by atoms with van der Waals surface area (Å²) in [5.41, 5.74) is 2.48. The molecule has 2 nitrogen and oxygen atoms in total.